The van der Waals surface area contributed by atoms with Gasteiger partial charge in [0.05, 0.1) is 29.7 Å². The Balaban J connectivity index is 1.30. The number of anilines is 4. The third-order valence-corrected chi connectivity index (χ3v) is 6.20. The third-order valence-electron chi connectivity index (χ3n) is 6.20. The van der Waals surface area contributed by atoms with Crippen molar-refractivity contribution < 1.29 is 4.39 Å². The number of nitrogens with zero attached hydrogens (tertiary/aromatic N) is 8. The van der Waals surface area contributed by atoms with Crippen molar-refractivity contribution in [2.24, 2.45) is 0 Å². The highest BCUT2D eigenvalue weighted by molar-refractivity contribution is 5.67. The number of nitriles is 1. The van der Waals surface area contributed by atoms with E-state index in [4.69, 9.17) is 0 Å². The molecule has 0 aromatic carbocycles. The second kappa shape index (κ2) is 9.57. The number of halogens is 1. The molecule has 0 spiro atoms. The normalized spacial score (nSPS) is 18.7. The van der Waals surface area contributed by atoms with Gasteiger partial charge in [0.2, 0.25) is 5.95 Å². The summed E-state index contributed by atoms with van der Waals surface area (Å²) >= 11 is 0. The number of piperazine rings is 1. The average Bonchev–Trinajstić information content (AvgIpc) is 3.31. The molecule has 5 rings (SSSR count). The Morgan fingerprint density at radius 3 is 2.59 bits per heavy atom. The number of hydrogen-bond donors (Lipinski definition) is 1. The van der Waals surface area contributed by atoms with Gasteiger partial charge in [-0.05, 0) is 37.7 Å². The summed E-state index contributed by atoms with van der Waals surface area (Å²) in [6.07, 6.45) is 4.68. The zero-order valence-electron chi connectivity index (χ0n) is 19.0. The Kier molecular flexibility index (Phi) is 6.18. The molecule has 2 saturated heterocycles. The quantitative estimate of drug-likeness (QED) is 0.618. The van der Waals surface area contributed by atoms with Gasteiger partial charge in [-0.3, -0.25) is 0 Å². The van der Waals surface area contributed by atoms with Crippen LogP contribution in [-0.4, -0.2) is 77.3 Å². The van der Waals surface area contributed by atoms with E-state index in [1.807, 2.05) is 17.0 Å². The number of likely N-dealkylation sites (N-methyl/N-ethyl adjacent to an activating group) is 1. The summed E-state index contributed by atoms with van der Waals surface area (Å²) in [6, 6.07) is 9.66. The van der Waals surface area contributed by atoms with E-state index in [0.717, 1.165) is 37.7 Å². The first kappa shape index (κ1) is 22.0. The van der Waals surface area contributed by atoms with E-state index in [-0.39, 0.29) is 6.54 Å². The predicted octanol–water partition coefficient (Wildman–Crippen LogP) is 2.85. The monoisotopic (exact) mass is 459 g/mol. The number of pyridine rings is 2. The first-order valence-corrected chi connectivity index (χ1v) is 11.4. The molecule has 9 nitrogen and oxygen atoms in total. The maximum absolute atomic E-state index is 13.6. The summed E-state index contributed by atoms with van der Waals surface area (Å²) in [5.41, 5.74) is 2.53. The summed E-state index contributed by atoms with van der Waals surface area (Å²) in [5, 5.41) is 12.8. The predicted molar refractivity (Wildman–Crippen MR) is 129 cm³/mol. The average molecular weight is 460 g/mol. The second-order valence-corrected chi connectivity index (χ2v) is 8.62. The minimum atomic E-state index is -0.881. The molecular weight excluding hydrogens is 433 g/mol. The van der Waals surface area contributed by atoms with E-state index in [0.29, 0.717) is 41.6 Å². The molecule has 3 aromatic heterocycles. The summed E-state index contributed by atoms with van der Waals surface area (Å²) in [7, 11) is 2.13. The van der Waals surface area contributed by atoms with Crippen LogP contribution in [0.4, 0.5) is 27.7 Å². The standard InChI is InChI=1S/C24H26FN9/c1-32-8-10-33(11-9-32)22-3-2-20(15-28-22)30-24-27-6-4-21(31-24)18-12-17(13-26)23(29-14-18)34-7-5-19(25)16-34/h2-4,6,12,14-15,19H,5,7-11,16H2,1H3,(H,27,30,31). The van der Waals surface area contributed by atoms with Crippen LogP contribution in [0.3, 0.4) is 0 Å². The molecule has 0 amide bonds. The first-order valence-electron chi connectivity index (χ1n) is 11.4. The van der Waals surface area contributed by atoms with Crippen LogP contribution in [0, 0.1) is 11.3 Å². The zero-order chi connectivity index (χ0) is 23.5. The van der Waals surface area contributed by atoms with Crippen LogP contribution in [0.2, 0.25) is 0 Å². The summed E-state index contributed by atoms with van der Waals surface area (Å²) in [5.74, 6) is 1.90. The SMILES string of the molecule is CN1CCN(c2ccc(Nc3nccc(-c4cnc(N5CCC(F)C5)c(C#N)c4)n3)cn2)CC1. The lowest BCUT2D eigenvalue weighted by atomic mass is 10.1. The highest BCUT2D eigenvalue weighted by Gasteiger charge is 2.25. The van der Waals surface area contributed by atoms with Crippen molar-refractivity contribution in [2.75, 3.05) is 61.4 Å². The number of aromatic nitrogens is 4. The zero-order valence-corrected chi connectivity index (χ0v) is 19.0. The van der Waals surface area contributed by atoms with Gasteiger partial charge in [0.25, 0.3) is 0 Å². The van der Waals surface area contributed by atoms with Gasteiger partial charge in [-0.2, -0.15) is 5.26 Å². The maximum Gasteiger partial charge on any atom is 0.227 e. The summed E-state index contributed by atoms with van der Waals surface area (Å²) in [6.45, 7) is 4.81. The first-order chi connectivity index (χ1) is 16.6. The molecule has 174 valence electrons. The van der Waals surface area contributed by atoms with E-state index >= 15 is 0 Å². The van der Waals surface area contributed by atoms with Crippen LogP contribution < -0.4 is 15.1 Å². The van der Waals surface area contributed by atoms with Crippen LogP contribution in [0.5, 0.6) is 0 Å². The fourth-order valence-corrected chi connectivity index (χ4v) is 4.23. The van der Waals surface area contributed by atoms with Crippen molar-refractivity contribution in [1.82, 2.24) is 24.8 Å². The molecule has 5 heterocycles. The fraction of sp³-hybridized carbons (Fsp3) is 0.375. The summed E-state index contributed by atoms with van der Waals surface area (Å²) < 4.78 is 13.6. The van der Waals surface area contributed by atoms with Crippen molar-refractivity contribution in [3.63, 3.8) is 0 Å². The Bertz CT molecular complexity index is 1190. The lowest BCUT2D eigenvalue weighted by Crippen LogP contribution is -2.44. The van der Waals surface area contributed by atoms with Gasteiger partial charge in [-0.25, -0.2) is 24.3 Å². The third kappa shape index (κ3) is 4.75. The number of hydrogen-bond acceptors (Lipinski definition) is 9. The highest BCUT2D eigenvalue weighted by atomic mass is 19.1. The lowest BCUT2D eigenvalue weighted by molar-refractivity contribution is 0.312. The van der Waals surface area contributed by atoms with Crippen molar-refractivity contribution in [2.45, 2.75) is 12.6 Å². The van der Waals surface area contributed by atoms with Crippen LogP contribution in [-0.2, 0) is 0 Å². The molecule has 0 saturated carbocycles. The van der Waals surface area contributed by atoms with Crippen molar-refractivity contribution in [3.8, 4) is 17.3 Å². The van der Waals surface area contributed by atoms with Crippen LogP contribution in [0.15, 0.2) is 42.9 Å². The van der Waals surface area contributed by atoms with Crippen LogP contribution in [0.25, 0.3) is 11.3 Å². The Morgan fingerprint density at radius 2 is 1.88 bits per heavy atom. The Labute approximate surface area is 197 Å². The number of alkyl halides is 1. The fourth-order valence-electron chi connectivity index (χ4n) is 4.23. The molecule has 3 aromatic rings. The largest absolute Gasteiger partial charge is 0.354 e. The van der Waals surface area contributed by atoms with Gasteiger partial charge in [0, 0.05) is 50.7 Å². The molecule has 0 bridgehead atoms. The Hall–Kier alpha value is -3.84. The number of rotatable bonds is 5. The molecule has 0 aliphatic carbocycles. The molecule has 2 aliphatic rings. The topological polar surface area (TPSA) is 97.1 Å². The maximum atomic E-state index is 13.6. The van der Waals surface area contributed by atoms with Gasteiger partial charge < -0.3 is 20.0 Å². The molecule has 34 heavy (non-hydrogen) atoms. The number of nitrogens with one attached hydrogen (secondary N) is 1. The van der Waals surface area contributed by atoms with E-state index in [9.17, 15) is 9.65 Å². The van der Waals surface area contributed by atoms with E-state index in [1.54, 1.807) is 30.7 Å². The van der Waals surface area contributed by atoms with Gasteiger partial charge in [0.15, 0.2) is 0 Å². The molecule has 0 radical (unpaired) electrons. The molecule has 1 N–H and O–H groups in total. The molecule has 2 fully saturated rings. The smallest absolute Gasteiger partial charge is 0.227 e. The highest BCUT2D eigenvalue weighted by Crippen LogP contribution is 2.27. The van der Waals surface area contributed by atoms with Gasteiger partial charge >= 0.3 is 0 Å². The minimum Gasteiger partial charge on any atom is -0.354 e. The molecule has 1 unspecified atom stereocenters. The van der Waals surface area contributed by atoms with Crippen LogP contribution in [0.1, 0.15) is 12.0 Å². The van der Waals surface area contributed by atoms with Gasteiger partial charge in [0.1, 0.15) is 23.9 Å². The lowest BCUT2D eigenvalue weighted by Gasteiger charge is -2.33. The molecule has 1 atom stereocenters. The van der Waals surface area contributed by atoms with E-state index in [2.05, 4.69) is 48.2 Å². The van der Waals surface area contributed by atoms with Crippen LogP contribution >= 0.6 is 0 Å². The van der Waals surface area contributed by atoms with Crippen molar-refractivity contribution >= 4 is 23.3 Å². The summed E-state index contributed by atoms with van der Waals surface area (Å²) in [4.78, 5) is 24.3. The molecule has 10 heteroatoms. The minimum absolute atomic E-state index is 0.268. The van der Waals surface area contributed by atoms with Gasteiger partial charge in [-0.15, -0.1) is 0 Å². The van der Waals surface area contributed by atoms with Crippen molar-refractivity contribution in [3.05, 3.63) is 48.4 Å². The Morgan fingerprint density at radius 1 is 1.03 bits per heavy atom. The van der Waals surface area contributed by atoms with E-state index in [1.165, 1.54) is 0 Å². The molecule has 2 aliphatic heterocycles. The van der Waals surface area contributed by atoms with Crippen molar-refractivity contribution in [1.29, 1.82) is 5.26 Å². The second-order valence-electron chi connectivity index (χ2n) is 8.62. The van der Waals surface area contributed by atoms with Gasteiger partial charge in [-0.1, -0.05) is 0 Å². The van der Waals surface area contributed by atoms with E-state index < -0.39 is 6.17 Å². The molecular formula is C24H26FN9.